The number of hydrogen-bond acceptors (Lipinski definition) is 7. The molecule has 0 aliphatic carbocycles. The van der Waals surface area contributed by atoms with Crippen molar-refractivity contribution in [2.75, 3.05) is 29.3 Å². The Morgan fingerprint density at radius 3 is 2.26 bits per heavy atom. The number of piperidine rings is 1. The predicted octanol–water partition coefficient (Wildman–Crippen LogP) is 3.88. The van der Waals surface area contributed by atoms with Gasteiger partial charge in [-0.05, 0) is 56.2 Å². The number of rotatable bonds is 7. The summed E-state index contributed by atoms with van der Waals surface area (Å²) in [5, 5.41) is 16.4. The highest BCUT2D eigenvalue weighted by Gasteiger charge is 2.38. The van der Waals surface area contributed by atoms with Crippen molar-refractivity contribution in [3.8, 4) is 0 Å². The maximum absolute atomic E-state index is 13.6. The highest BCUT2D eigenvalue weighted by atomic mass is 32.2. The monoisotopic (exact) mass is 582 g/mol. The van der Waals surface area contributed by atoms with Gasteiger partial charge in [-0.2, -0.15) is 13.2 Å². The fourth-order valence-electron chi connectivity index (χ4n) is 3.52. The molecular formula is C23H23F5N2O8S. The summed E-state index contributed by atoms with van der Waals surface area (Å²) < 4.78 is 91.5. The number of aromatic carboxylic acids is 1. The van der Waals surface area contributed by atoms with Gasteiger partial charge in [-0.15, -0.1) is 0 Å². The number of aliphatic carboxylic acids is 1. The topological polar surface area (TPSA) is 150 Å². The van der Waals surface area contributed by atoms with Crippen molar-refractivity contribution in [1.29, 1.82) is 0 Å². The summed E-state index contributed by atoms with van der Waals surface area (Å²) in [6.07, 6.45) is -3.84. The summed E-state index contributed by atoms with van der Waals surface area (Å²) in [5.74, 6) is -7.33. The van der Waals surface area contributed by atoms with Crippen molar-refractivity contribution in [2.45, 2.75) is 30.8 Å². The van der Waals surface area contributed by atoms with Crippen LogP contribution in [0.5, 0.6) is 0 Å². The predicted molar refractivity (Wildman–Crippen MR) is 126 cm³/mol. The zero-order valence-corrected chi connectivity index (χ0v) is 21.0. The van der Waals surface area contributed by atoms with Crippen LogP contribution < -0.4 is 9.62 Å². The molecule has 39 heavy (non-hydrogen) atoms. The fourth-order valence-corrected chi connectivity index (χ4v) is 4.60. The molecule has 0 spiro atoms. The number of benzene rings is 2. The molecule has 16 heteroatoms. The molecule has 3 N–H and O–H groups in total. The van der Waals surface area contributed by atoms with Crippen molar-refractivity contribution in [3.63, 3.8) is 0 Å². The Labute approximate surface area is 219 Å². The molecule has 3 rings (SSSR count). The minimum atomic E-state index is -5.08. The van der Waals surface area contributed by atoms with Gasteiger partial charge in [0, 0.05) is 13.1 Å². The third-order valence-electron chi connectivity index (χ3n) is 5.31. The summed E-state index contributed by atoms with van der Waals surface area (Å²) in [7, 11) is -4.36. The molecule has 1 atom stereocenters. The van der Waals surface area contributed by atoms with E-state index in [2.05, 4.69) is 4.72 Å². The maximum Gasteiger partial charge on any atom is 0.490 e. The van der Waals surface area contributed by atoms with Crippen LogP contribution in [-0.2, 0) is 24.3 Å². The first-order chi connectivity index (χ1) is 18.1. The number of carbonyl (C=O) groups is 3. The van der Waals surface area contributed by atoms with Crippen LogP contribution in [0.1, 0.15) is 30.1 Å². The van der Waals surface area contributed by atoms with Gasteiger partial charge in [0.2, 0.25) is 0 Å². The van der Waals surface area contributed by atoms with Crippen LogP contribution in [0.3, 0.4) is 0 Å². The molecule has 1 aliphatic rings. The average Bonchev–Trinajstić information content (AvgIpc) is 2.85. The summed E-state index contributed by atoms with van der Waals surface area (Å²) in [6.45, 7) is 2.70. The SMILES string of the molecule is CCOC(=O)C1CCCN(c2ccc(C(=O)O)cc2NS(=O)(=O)c2ccc(F)c(F)c2)C1.O=C(O)C(F)(F)F. The van der Waals surface area contributed by atoms with Gasteiger partial charge in [0.15, 0.2) is 11.6 Å². The van der Waals surface area contributed by atoms with E-state index in [1.165, 1.54) is 12.1 Å². The highest BCUT2D eigenvalue weighted by molar-refractivity contribution is 7.92. The van der Waals surface area contributed by atoms with Crippen LogP contribution >= 0.6 is 0 Å². The number of esters is 1. The van der Waals surface area contributed by atoms with E-state index >= 15 is 0 Å². The maximum atomic E-state index is 13.6. The van der Waals surface area contributed by atoms with E-state index in [4.69, 9.17) is 14.6 Å². The van der Waals surface area contributed by atoms with E-state index in [0.717, 1.165) is 12.1 Å². The minimum absolute atomic E-state index is 0.0563. The largest absolute Gasteiger partial charge is 0.490 e. The van der Waals surface area contributed by atoms with Crippen molar-refractivity contribution < 1.29 is 59.7 Å². The van der Waals surface area contributed by atoms with Crippen LogP contribution in [0.4, 0.5) is 33.3 Å². The third kappa shape index (κ3) is 8.53. The average molecular weight is 583 g/mol. The lowest BCUT2D eigenvalue weighted by Gasteiger charge is -2.34. The van der Waals surface area contributed by atoms with E-state index in [9.17, 15) is 45.1 Å². The lowest BCUT2D eigenvalue weighted by molar-refractivity contribution is -0.192. The molecule has 1 saturated heterocycles. The first kappa shape index (κ1) is 31.3. The fraction of sp³-hybridized carbons (Fsp3) is 0.348. The number of alkyl halides is 3. The normalized spacial score (nSPS) is 15.5. The second-order valence-electron chi connectivity index (χ2n) is 8.06. The van der Waals surface area contributed by atoms with Gasteiger partial charge in [-0.3, -0.25) is 9.52 Å². The molecule has 0 saturated carbocycles. The number of halogens is 5. The van der Waals surface area contributed by atoms with E-state index in [-0.39, 0.29) is 30.4 Å². The highest BCUT2D eigenvalue weighted by Crippen LogP contribution is 2.33. The smallest absolute Gasteiger partial charge is 0.478 e. The molecule has 1 aliphatic heterocycles. The molecule has 0 radical (unpaired) electrons. The van der Waals surface area contributed by atoms with Crippen molar-refractivity contribution >= 4 is 39.3 Å². The minimum Gasteiger partial charge on any atom is -0.478 e. The molecule has 2 aromatic carbocycles. The number of carboxylic acid groups (broad SMARTS) is 2. The molecule has 214 valence electrons. The summed E-state index contributed by atoms with van der Waals surface area (Å²) in [5.41, 5.74) is 0.130. The van der Waals surface area contributed by atoms with Crippen molar-refractivity contribution in [1.82, 2.24) is 0 Å². The number of carbonyl (C=O) groups excluding carboxylic acids is 1. The number of carboxylic acids is 2. The first-order valence-corrected chi connectivity index (χ1v) is 12.6. The number of hydrogen-bond donors (Lipinski definition) is 3. The number of anilines is 2. The Hall–Kier alpha value is -3.95. The number of nitrogens with one attached hydrogen (secondary N) is 1. The van der Waals surface area contributed by atoms with Gasteiger partial charge in [-0.1, -0.05) is 0 Å². The second kappa shape index (κ2) is 12.7. The lowest BCUT2D eigenvalue weighted by Crippen LogP contribution is -2.39. The molecule has 0 amide bonds. The number of ether oxygens (including phenoxy) is 1. The molecule has 0 aromatic heterocycles. The Kier molecular flexibility index (Phi) is 10.2. The Balaban J connectivity index is 0.000000673. The molecule has 10 nitrogen and oxygen atoms in total. The molecule has 1 unspecified atom stereocenters. The van der Waals surface area contributed by atoms with Gasteiger partial charge in [-0.25, -0.2) is 26.8 Å². The first-order valence-electron chi connectivity index (χ1n) is 11.1. The summed E-state index contributed by atoms with van der Waals surface area (Å²) in [6, 6.07) is 6.03. The number of sulfonamides is 1. The Morgan fingerprint density at radius 2 is 1.72 bits per heavy atom. The van der Waals surface area contributed by atoms with Gasteiger partial charge >= 0.3 is 24.1 Å². The number of nitrogens with zero attached hydrogens (tertiary/aromatic N) is 1. The third-order valence-corrected chi connectivity index (χ3v) is 6.68. The van der Waals surface area contributed by atoms with Crippen LogP contribution in [0, 0.1) is 17.6 Å². The quantitative estimate of drug-likeness (QED) is 0.327. The van der Waals surface area contributed by atoms with Crippen LogP contribution in [0.15, 0.2) is 41.3 Å². The molecule has 1 fully saturated rings. The zero-order valence-electron chi connectivity index (χ0n) is 20.2. The van der Waals surface area contributed by atoms with Crippen molar-refractivity contribution in [2.24, 2.45) is 5.92 Å². The Bertz CT molecular complexity index is 1330. The van der Waals surface area contributed by atoms with E-state index in [1.807, 2.05) is 0 Å². The Morgan fingerprint density at radius 1 is 1.08 bits per heavy atom. The van der Waals surface area contributed by atoms with Gasteiger partial charge in [0.1, 0.15) is 0 Å². The van der Waals surface area contributed by atoms with Crippen LogP contribution in [0.2, 0.25) is 0 Å². The molecule has 0 bridgehead atoms. The summed E-state index contributed by atoms with van der Waals surface area (Å²) in [4.78, 5) is 33.7. The standard InChI is InChI=1S/C21H22F2N2O6S.C2HF3O2/c1-2-31-21(28)14-4-3-9-25(12-14)19-8-5-13(20(26)27)10-18(19)24-32(29,30)15-6-7-16(22)17(23)11-15;3-2(4,5)1(6)7/h5-8,10-11,14,24H,2-4,9,12H2,1H3,(H,26,27);(H,6,7). The van der Waals surface area contributed by atoms with E-state index in [0.29, 0.717) is 37.2 Å². The van der Waals surface area contributed by atoms with Gasteiger partial charge in [0.25, 0.3) is 10.0 Å². The van der Waals surface area contributed by atoms with Gasteiger partial charge in [0.05, 0.1) is 34.4 Å². The van der Waals surface area contributed by atoms with E-state index in [1.54, 1.807) is 11.8 Å². The second-order valence-corrected chi connectivity index (χ2v) is 9.74. The zero-order chi connectivity index (χ0) is 29.5. The lowest BCUT2D eigenvalue weighted by atomic mass is 9.97. The molecule has 1 heterocycles. The molecule has 2 aromatic rings. The van der Waals surface area contributed by atoms with Crippen LogP contribution in [-0.4, -0.2) is 62.4 Å². The van der Waals surface area contributed by atoms with Crippen molar-refractivity contribution in [3.05, 3.63) is 53.6 Å². The van der Waals surface area contributed by atoms with E-state index < -0.39 is 50.6 Å². The van der Waals surface area contributed by atoms with Crippen LogP contribution in [0.25, 0.3) is 0 Å². The summed E-state index contributed by atoms with van der Waals surface area (Å²) >= 11 is 0. The van der Waals surface area contributed by atoms with Gasteiger partial charge < -0.3 is 19.8 Å². The molecular weight excluding hydrogens is 559 g/mol.